The molecule has 0 aliphatic heterocycles. The third kappa shape index (κ3) is 3.52. The fourth-order valence-electron chi connectivity index (χ4n) is 1.68. The molecule has 1 amide bonds. The Morgan fingerprint density at radius 3 is 2.79 bits per heavy atom. The van der Waals surface area contributed by atoms with Gasteiger partial charge in [-0.1, -0.05) is 24.3 Å². The molecule has 2 rings (SSSR count). The van der Waals surface area contributed by atoms with Gasteiger partial charge in [0.05, 0.1) is 6.61 Å². The summed E-state index contributed by atoms with van der Waals surface area (Å²) >= 11 is 1.25. The van der Waals surface area contributed by atoms with E-state index in [1.54, 1.807) is 12.5 Å². The Hall–Kier alpha value is -1.92. The minimum Gasteiger partial charge on any atom is -0.380 e. The maximum atomic E-state index is 11.8. The highest BCUT2D eigenvalue weighted by Crippen LogP contribution is 2.12. The first-order valence-corrected chi connectivity index (χ1v) is 6.63. The lowest BCUT2D eigenvalue weighted by Crippen LogP contribution is -2.23. The van der Waals surface area contributed by atoms with Crippen molar-refractivity contribution >= 4 is 22.4 Å². The van der Waals surface area contributed by atoms with E-state index in [0.29, 0.717) is 24.0 Å². The molecule has 0 aliphatic carbocycles. The maximum Gasteiger partial charge on any atom is 0.271 e. The summed E-state index contributed by atoms with van der Waals surface area (Å²) in [6.07, 6.45) is 0. The topological polar surface area (TPSA) is 77.2 Å². The van der Waals surface area contributed by atoms with E-state index in [-0.39, 0.29) is 5.91 Å². The summed E-state index contributed by atoms with van der Waals surface area (Å²) in [6, 6.07) is 7.82. The summed E-state index contributed by atoms with van der Waals surface area (Å²) in [5.74, 6) is -0.222. The van der Waals surface area contributed by atoms with Crippen molar-refractivity contribution < 1.29 is 9.53 Å². The van der Waals surface area contributed by atoms with Gasteiger partial charge in [0.1, 0.15) is 5.69 Å². The number of hydrogen-bond acceptors (Lipinski definition) is 5. The number of ether oxygens (including phenoxy) is 1. The van der Waals surface area contributed by atoms with Crippen LogP contribution in [0.15, 0.2) is 29.6 Å². The first-order chi connectivity index (χ1) is 9.20. The molecule has 0 saturated heterocycles. The van der Waals surface area contributed by atoms with Crippen LogP contribution >= 0.6 is 11.3 Å². The number of carbonyl (C=O) groups excluding carboxylic acids is 1. The normalized spacial score (nSPS) is 10.4. The van der Waals surface area contributed by atoms with E-state index >= 15 is 0 Å². The number of amides is 1. The quantitative estimate of drug-likeness (QED) is 0.873. The third-order valence-corrected chi connectivity index (χ3v) is 3.29. The minimum atomic E-state index is -0.222. The maximum absolute atomic E-state index is 11.8. The molecule has 5 nitrogen and oxygen atoms in total. The van der Waals surface area contributed by atoms with Crippen molar-refractivity contribution in [3.63, 3.8) is 0 Å². The van der Waals surface area contributed by atoms with E-state index in [4.69, 9.17) is 10.5 Å². The number of hydrogen-bond donors (Lipinski definition) is 2. The molecule has 0 spiro atoms. The fraction of sp³-hybridized carbons (Fsp3) is 0.231. The molecule has 0 unspecified atom stereocenters. The Labute approximate surface area is 115 Å². The molecule has 0 fully saturated rings. The lowest BCUT2D eigenvalue weighted by atomic mass is 10.1. The molecular formula is C13H15N3O2S. The molecule has 1 heterocycles. The number of carbonyl (C=O) groups is 1. The monoisotopic (exact) mass is 277 g/mol. The number of nitrogens with one attached hydrogen (secondary N) is 1. The number of nitrogens with two attached hydrogens (primary N) is 1. The first-order valence-electron chi connectivity index (χ1n) is 5.75. The van der Waals surface area contributed by atoms with E-state index in [9.17, 15) is 4.79 Å². The molecular weight excluding hydrogens is 262 g/mol. The SMILES string of the molecule is COCc1ccccc1CNC(=O)c1csc(N)n1. The third-order valence-electron chi connectivity index (χ3n) is 2.61. The summed E-state index contributed by atoms with van der Waals surface area (Å²) in [4.78, 5) is 15.8. The van der Waals surface area contributed by atoms with Crippen molar-refractivity contribution in [2.75, 3.05) is 12.8 Å². The molecule has 0 saturated carbocycles. The summed E-state index contributed by atoms with van der Waals surface area (Å²) in [6.45, 7) is 0.964. The van der Waals surface area contributed by atoms with Crippen LogP contribution in [-0.2, 0) is 17.9 Å². The van der Waals surface area contributed by atoms with Gasteiger partial charge in [-0.25, -0.2) is 4.98 Å². The molecule has 3 N–H and O–H groups in total. The lowest BCUT2D eigenvalue weighted by Gasteiger charge is -2.09. The van der Waals surface area contributed by atoms with Gasteiger partial charge in [-0.3, -0.25) is 4.79 Å². The highest BCUT2D eigenvalue weighted by Gasteiger charge is 2.10. The van der Waals surface area contributed by atoms with Gasteiger partial charge in [0.2, 0.25) is 0 Å². The van der Waals surface area contributed by atoms with Crippen molar-refractivity contribution in [1.29, 1.82) is 0 Å². The minimum absolute atomic E-state index is 0.222. The molecule has 0 aliphatic rings. The largest absolute Gasteiger partial charge is 0.380 e. The van der Waals surface area contributed by atoms with Crippen LogP contribution in [0.25, 0.3) is 0 Å². The van der Waals surface area contributed by atoms with Crippen LogP contribution < -0.4 is 11.1 Å². The van der Waals surface area contributed by atoms with Gasteiger partial charge >= 0.3 is 0 Å². The standard InChI is InChI=1S/C13H15N3O2S/c1-18-7-10-5-3-2-4-9(10)6-15-12(17)11-8-19-13(14)16-11/h2-5,8H,6-7H2,1H3,(H2,14,16)(H,15,17). The Bertz CT molecular complexity index is 569. The van der Waals surface area contributed by atoms with Crippen LogP contribution in [0.3, 0.4) is 0 Å². The first kappa shape index (κ1) is 13.5. The van der Waals surface area contributed by atoms with Crippen molar-refractivity contribution in [1.82, 2.24) is 10.3 Å². The number of nitrogen functional groups attached to an aromatic ring is 1. The summed E-state index contributed by atoms with van der Waals surface area (Å²) in [5.41, 5.74) is 7.94. The molecule has 0 radical (unpaired) electrons. The van der Waals surface area contributed by atoms with Gasteiger partial charge in [0.25, 0.3) is 5.91 Å². The second kappa shape index (κ2) is 6.31. The van der Waals surface area contributed by atoms with E-state index < -0.39 is 0 Å². The zero-order valence-electron chi connectivity index (χ0n) is 10.6. The van der Waals surface area contributed by atoms with Gasteiger partial charge in [0, 0.05) is 19.0 Å². The molecule has 1 aromatic carbocycles. The van der Waals surface area contributed by atoms with Crippen LogP contribution in [0.2, 0.25) is 0 Å². The van der Waals surface area contributed by atoms with Crippen LogP contribution in [0.1, 0.15) is 21.6 Å². The van der Waals surface area contributed by atoms with E-state index in [0.717, 1.165) is 11.1 Å². The predicted octanol–water partition coefficient (Wildman–Crippen LogP) is 1.80. The Morgan fingerprint density at radius 1 is 1.42 bits per heavy atom. The highest BCUT2D eigenvalue weighted by molar-refractivity contribution is 7.13. The van der Waals surface area contributed by atoms with E-state index in [2.05, 4.69) is 10.3 Å². The van der Waals surface area contributed by atoms with Gasteiger partial charge in [0.15, 0.2) is 5.13 Å². The number of thiazole rings is 1. The van der Waals surface area contributed by atoms with Crippen LogP contribution in [-0.4, -0.2) is 18.0 Å². The number of nitrogens with zero attached hydrogens (tertiary/aromatic N) is 1. The molecule has 0 atom stereocenters. The molecule has 2 aromatic rings. The predicted molar refractivity (Wildman–Crippen MR) is 74.9 cm³/mol. The molecule has 19 heavy (non-hydrogen) atoms. The van der Waals surface area contributed by atoms with Crippen LogP contribution in [0, 0.1) is 0 Å². The number of aromatic nitrogens is 1. The summed E-state index contributed by atoms with van der Waals surface area (Å²) < 4.78 is 5.12. The second-order valence-electron chi connectivity index (χ2n) is 3.96. The van der Waals surface area contributed by atoms with E-state index in [1.807, 2.05) is 24.3 Å². The van der Waals surface area contributed by atoms with Crippen LogP contribution in [0.5, 0.6) is 0 Å². The van der Waals surface area contributed by atoms with Crippen molar-refractivity contribution in [2.24, 2.45) is 0 Å². The Balaban J connectivity index is 2.00. The Morgan fingerprint density at radius 2 is 2.16 bits per heavy atom. The molecule has 100 valence electrons. The van der Waals surface area contributed by atoms with Gasteiger partial charge in [-0.15, -0.1) is 11.3 Å². The Kier molecular flexibility index (Phi) is 4.48. The van der Waals surface area contributed by atoms with Gasteiger partial charge in [-0.2, -0.15) is 0 Å². The average Bonchev–Trinajstić information content (AvgIpc) is 2.84. The zero-order chi connectivity index (χ0) is 13.7. The fourth-order valence-corrected chi connectivity index (χ4v) is 2.23. The smallest absolute Gasteiger partial charge is 0.271 e. The lowest BCUT2D eigenvalue weighted by molar-refractivity contribution is 0.0946. The van der Waals surface area contributed by atoms with E-state index in [1.165, 1.54) is 11.3 Å². The number of anilines is 1. The van der Waals surface area contributed by atoms with Crippen molar-refractivity contribution in [3.8, 4) is 0 Å². The van der Waals surface area contributed by atoms with Crippen molar-refractivity contribution in [3.05, 3.63) is 46.5 Å². The average molecular weight is 277 g/mol. The number of methoxy groups -OCH3 is 1. The molecule has 0 bridgehead atoms. The zero-order valence-corrected chi connectivity index (χ0v) is 11.4. The summed E-state index contributed by atoms with van der Waals surface area (Å²) in [7, 11) is 1.65. The highest BCUT2D eigenvalue weighted by atomic mass is 32.1. The number of rotatable bonds is 5. The van der Waals surface area contributed by atoms with Gasteiger partial charge in [-0.05, 0) is 11.1 Å². The molecule has 6 heteroatoms. The van der Waals surface area contributed by atoms with Crippen LogP contribution in [0.4, 0.5) is 5.13 Å². The number of benzene rings is 1. The second-order valence-corrected chi connectivity index (χ2v) is 4.85. The molecule has 1 aromatic heterocycles. The van der Waals surface area contributed by atoms with Crippen molar-refractivity contribution in [2.45, 2.75) is 13.2 Å². The van der Waals surface area contributed by atoms with Gasteiger partial charge < -0.3 is 15.8 Å². The summed E-state index contributed by atoms with van der Waals surface area (Å²) in [5, 5.41) is 4.86.